The van der Waals surface area contributed by atoms with Crippen LogP contribution in [-0.2, 0) is 14.6 Å². The van der Waals surface area contributed by atoms with Crippen molar-refractivity contribution < 1.29 is 28.2 Å². The van der Waals surface area contributed by atoms with Crippen molar-refractivity contribution >= 4 is 15.8 Å². The van der Waals surface area contributed by atoms with E-state index in [-0.39, 0.29) is 44.9 Å². The smallest absolute Gasteiger partial charge is 0.310 e. The first-order valence-corrected chi connectivity index (χ1v) is 26.5. The van der Waals surface area contributed by atoms with E-state index in [2.05, 4.69) is 76.6 Å². The number of allylic oxidation sites excluding steroid dienone is 5. The number of nitriles is 1. The molecule has 63 heavy (non-hydrogen) atoms. The zero-order valence-electron chi connectivity index (χ0n) is 39.5. The van der Waals surface area contributed by atoms with Crippen molar-refractivity contribution in [2.45, 2.75) is 174 Å². The van der Waals surface area contributed by atoms with E-state index in [4.69, 9.17) is 4.74 Å². The third-order valence-electron chi connectivity index (χ3n) is 20.3. The van der Waals surface area contributed by atoms with Crippen LogP contribution in [0.4, 0.5) is 0 Å². The van der Waals surface area contributed by atoms with Gasteiger partial charge in [0.2, 0.25) is 5.88 Å². The number of ether oxygens (including phenoxy) is 1. The van der Waals surface area contributed by atoms with Gasteiger partial charge < -0.3 is 20.3 Å². The molecule has 1 aromatic heterocycles. The zero-order chi connectivity index (χ0) is 45.4. The fourth-order valence-electron chi connectivity index (χ4n) is 16.6. The summed E-state index contributed by atoms with van der Waals surface area (Å²) in [5.41, 5.74) is 3.34. The van der Waals surface area contributed by atoms with Gasteiger partial charge in [0.1, 0.15) is 21.5 Å². The Bertz CT molecular complexity index is 2180. The molecule has 8 rings (SSSR count). The minimum absolute atomic E-state index is 0.0345. The number of aliphatic hydroxyl groups is 1. The number of hydrogen-bond acceptors (Lipinski definition) is 8. The minimum atomic E-state index is -3.08. The summed E-state index contributed by atoms with van der Waals surface area (Å²) in [6.45, 7) is 20.8. The first kappa shape index (κ1) is 46.5. The summed E-state index contributed by atoms with van der Waals surface area (Å²) in [5, 5.41) is 35.5. The van der Waals surface area contributed by atoms with Gasteiger partial charge >= 0.3 is 5.97 Å². The highest BCUT2D eigenvalue weighted by Gasteiger charge is 2.70. The lowest BCUT2D eigenvalue weighted by Gasteiger charge is -2.72. The largest absolute Gasteiger partial charge is 0.481 e. The van der Waals surface area contributed by atoms with Gasteiger partial charge in [0, 0.05) is 18.0 Å². The van der Waals surface area contributed by atoms with Crippen LogP contribution in [0.5, 0.6) is 5.88 Å². The van der Waals surface area contributed by atoms with Crippen LogP contribution < -0.4 is 10.1 Å². The molecule has 7 aliphatic carbocycles. The van der Waals surface area contributed by atoms with Crippen LogP contribution in [0.3, 0.4) is 0 Å². The number of hydrogen-bond donors (Lipinski definition) is 3. The quantitative estimate of drug-likeness (QED) is 0.174. The number of rotatable bonds is 12. The molecular weight excluding hydrogens is 807 g/mol. The topological polar surface area (TPSA) is 150 Å². The number of pyridine rings is 1. The molecule has 346 valence electrons. The number of nitrogens with zero attached hydrogens (tertiary/aromatic N) is 2. The van der Waals surface area contributed by atoms with E-state index in [0.717, 1.165) is 32.2 Å². The van der Waals surface area contributed by atoms with Gasteiger partial charge in [0.05, 0.1) is 22.9 Å². The predicted molar refractivity (Wildman–Crippen MR) is 248 cm³/mol. The molecule has 0 radical (unpaired) electrons. The van der Waals surface area contributed by atoms with E-state index in [9.17, 15) is 28.7 Å². The van der Waals surface area contributed by atoms with Gasteiger partial charge in [-0.05, 0) is 204 Å². The van der Waals surface area contributed by atoms with Crippen LogP contribution in [-0.4, -0.2) is 65.4 Å². The van der Waals surface area contributed by atoms with E-state index >= 15 is 0 Å². The van der Waals surface area contributed by atoms with Gasteiger partial charge in [-0.2, -0.15) is 5.26 Å². The first-order valence-electron chi connectivity index (χ1n) is 24.5. The van der Waals surface area contributed by atoms with Gasteiger partial charge in [-0.3, -0.25) is 4.79 Å². The summed E-state index contributed by atoms with van der Waals surface area (Å²) in [6.07, 6.45) is 23.5. The molecule has 0 aromatic carbocycles. The predicted octanol–water partition coefficient (Wildman–Crippen LogP) is 10.5. The molecule has 10 atom stereocenters. The van der Waals surface area contributed by atoms with Crippen molar-refractivity contribution in [3.8, 4) is 11.9 Å². The highest BCUT2D eigenvalue weighted by atomic mass is 32.2. The second-order valence-corrected chi connectivity index (χ2v) is 25.7. The Morgan fingerprint density at radius 2 is 1.68 bits per heavy atom. The van der Waals surface area contributed by atoms with Crippen molar-refractivity contribution in [3.05, 3.63) is 59.3 Å². The molecule has 0 unspecified atom stereocenters. The van der Waals surface area contributed by atoms with E-state index in [1.807, 2.05) is 0 Å². The summed E-state index contributed by atoms with van der Waals surface area (Å²) >= 11 is 0. The number of aliphatic carboxylic acids is 1. The summed E-state index contributed by atoms with van der Waals surface area (Å²) in [7, 11) is -3.08. The Balaban J connectivity index is 0.982. The van der Waals surface area contributed by atoms with Crippen molar-refractivity contribution in [2.24, 2.45) is 56.7 Å². The molecule has 5 saturated carbocycles. The number of fused-ring (bicyclic) bond motifs is 7. The number of carboxylic acid groups (broad SMARTS) is 1. The molecule has 1 heterocycles. The van der Waals surface area contributed by atoms with Crippen LogP contribution in [0.2, 0.25) is 0 Å². The molecule has 9 nitrogen and oxygen atoms in total. The lowest BCUT2D eigenvalue weighted by Crippen LogP contribution is -2.68. The molecule has 0 bridgehead atoms. The van der Waals surface area contributed by atoms with Crippen LogP contribution in [0.25, 0.3) is 0 Å². The van der Waals surface area contributed by atoms with Crippen LogP contribution >= 0.6 is 0 Å². The molecular formula is C53H77N3O6S. The highest BCUT2D eigenvalue weighted by Crippen LogP contribution is 2.76. The number of nitrogens with one attached hydrogen (secondary N) is 1. The maximum absolute atomic E-state index is 12.9. The second-order valence-electron chi connectivity index (χ2n) is 23.4. The van der Waals surface area contributed by atoms with Crippen LogP contribution in [0, 0.1) is 68.0 Å². The second kappa shape index (κ2) is 16.4. The molecule has 10 heteroatoms. The van der Waals surface area contributed by atoms with Gasteiger partial charge in [-0.15, -0.1) is 0 Å². The zero-order valence-corrected chi connectivity index (χ0v) is 40.3. The number of aromatic nitrogens is 1. The first-order chi connectivity index (χ1) is 29.6. The fourth-order valence-corrected chi connectivity index (χ4v) is 17.7. The summed E-state index contributed by atoms with van der Waals surface area (Å²) in [4.78, 5) is 17.1. The van der Waals surface area contributed by atoms with Gasteiger partial charge in [0.25, 0.3) is 0 Å². The minimum Gasteiger partial charge on any atom is -0.481 e. The van der Waals surface area contributed by atoms with Crippen LogP contribution in [0.15, 0.2) is 53.8 Å². The Morgan fingerprint density at radius 1 is 0.937 bits per heavy atom. The van der Waals surface area contributed by atoms with Gasteiger partial charge in [-0.1, -0.05) is 58.9 Å². The lowest BCUT2D eigenvalue weighted by molar-refractivity contribution is -0.221. The van der Waals surface area contributed by atoms with E-state index in [0.29, 0.717) is 86.5 Å². The normalized spacial score (nSPS) is 42.0. The Hall–Kier alpha value is -3.00. The third kappa shape index (κ3) is 7.68. The molecule has 5 fully saturated rings. The Morgan fingerprint density at radius 3 is 2.33 bits per heavy atom. The van der Waals surface area contributed by atoms with Crippen molar-refractivity contribution in [1.82, 2.24) is 10.3 Å². The third-order valence-corrected chi connectivity index (χ3v) is 22.0. The molecule has 7 aliphatic rings. The monoisotopic (exact) mass is 884 g/mol. The maximum Gasteiger partial charge on any atom is 0.310 e. The summed E-state index contributed by atoms with van der Waals surface area (Å²) in [6, 6.07) is 5.47. The SMILES string of the molecule is C=C(C)[C@@H]1CC[C@]2(NCCC3(O)CCC(S(C)(=O)=O)CC3)CC[C@]3(C)[C@H](CC[C@@H]4[C@@]5(C)CC=C(C6=CC[C@@](CCOc7ncccc7C#N)(C(=O)O)CC6)C(C)(C)[C@@H]5CC[C@]43C)[C@@H]12. The van der Waals surface area contributed by atoms with Gasteiger partial charge in [-0.25, -0.2) is 13.4 Å². The van der Waals surface area contributed by atoms with E-state index in [1.165, 1.54) is 61.5 Å². The Labute approximate surface area is 378 Å². The molecule has 1 aromatic rings. The van der Waals surface area contributed by atoms with E-state index in [1.54, 1.807) is 18.3 Å². The average molecular weight is 884 g/mol. The number of carboxylic acids is 1. The molecule has 3 N–H and O–H groups in total. The summed E-state index contributed by atoms with van der Waals surface area (Å²) in [5.74, 6) is 2.25. The molecule has 0 amide bonds. The summed E-state index contributed by atoms with van der Waals surface area (Å²) < 4.78 is 30.4. The highest BCUT2D eigenvalue weighted by molar-refractivity contribution is 7.91. The average Bonchev–Trinajstić information content (AvgIpc) is 3.61. The number of carbonyl (C=O) groups is 1. The fraction of sp³-hybridized carbons (Fsp3) is 0.755. The van der Waals surface area contributed by atoms with Crippen molar-refractivity contribution in [1.29, 1.82) is 5.26 Å². The molecule has 0 aliphatic heterocycles. The van der Waals surface area contributed by atoms with Crippen molar-refractivity contribution in [2.75, 3.05) is 19.4 Å². The van der Waals surface area contributed by atoms with Crippen LogP contribution in [0.1, 0.15) is 163 Å². The molecule has 0 saturated heterocycles. The molecule has 0 spiro atoms. The lowest BCUT2D eigenvalue weighted by atomic mass is 9.33. The maximum atomic E-state index is 12.9. The van der Waals surface area contributed by atoms with E-state index < -0.39 is 26.8 Å². The number of sulfone groups is 1. The standard InChI is InChI=1S/C53H77N3O6S/c1-35(2)39-17-26-53(56-32-29-52(59)24-15-38(16-25-52)63(8,60)61)28-27-49(6)41(44(39)53)11-12-43-48(5)20-18-40(47(3,4)42(48)19-21-50(43,49)7)36-13-22-51(23-14-36,46(57)58)30-33-62-45-37(34-54)10-9-31-55-45/h9-10,13,18,31,38-39,41-44,56,59H,1,11-12,14-17,19-30,32-33H2,2-8H3,(H,57,58)/t38?,39-,41+,42-,43+,44+,48-,49+,50+,51+,52?,53-/m0/s1. The van der Waals surface area contributed by atoms with Crippen molar-refractivity contribution in [3.63, 3.8) is 0 Å². The van der Waals surface area contributed by atoms with Gasteiger partial charge in [0.15, 0.2) is 0 Å². The Kier molecular flexibility index (Phi) is 12.1.